The number of rotatable bonds is 6. The standard InChI is InChI=1S/C11H16F3N3O2S/c1-2-5-16-20(18,19)17-9-4-3-8(7-15)10(6-9)11(12,13)14/h3-4,6,16-17H,2,5,7,15H2,1H3. The molecule has 20 heavy (non-hydrogen) atoms. The summed E-state index contributed by atoms with van der Waals surface area (Å²) in [5.74, 6) is 0. The van der Waals surface area contributed by atoms with Crippen molar-refractivity contribution in [3.8, 4) is 0 Å². The molecule has 0 saturated carbocycles. The van der Waals surface area contributed by atoms with Crippen molar-refractivity contribution in [3.63, 3.8) is 0 Å². The van der Waals surface area contributed by atoms with Crippen LogP contribution in [0.5, 0.6) is 0 Å². The van der Waals surface area contributed by atoms with Crippen LogP contribution in [0.25, 0.3) is 0 Å². The van der Waals surface area contributed by atoms with Gasteiger partial charge >= 0.3 is 6.18 Å². The third-order valence-electron chi connectivity index (χ3n) is 2.43. The number of hydrogen-bond acceptors (Lipinski definition) is 3. The first kappa shape index (κ1) is 16.7. The lowest BCUT2D eigenvalue weighted by Gasteiger charge is -2.14. The maximum Gasteiger partial charge on any atom is 0.416 e. The van der Waals surface area contributed by atoms with E-state index in [-0.39, 0.29) is 24.3 Å². The number of hydrogen-bond donors (Lipinski definition) is 3. The number of nitrogens with two attached hydrogens (primary N) is 1. The second kappa shape index (κ2) is 6.42. The Bertz CT molecular complexity index is 559. The van der Waals surface area contributed by atoms with Crippen molar-refractivity contribution >= 4 is 15.9 Å². The molecular weight excluding hydrogens is 295 g/mol. The molecular formula is C11H16F3N3O2S. The van der Waals surface area contributed by atoms with Gasteiger partial charge in [0.1, 0.15) is 0 Å². The summed E-state index contributed by atoms with van der Waals surface area (Å²) in [4.78, 5) is 0. The Morgan fingerprint density at radius 2 is 1.95 bits per heavy atom. The number of anilines is 1. The molecule has 0 unspecified atom stereocenters. The fraction of sp³-hybridized carbons (Fsp3) is 0.455. The monoisotopic (exact) mass is 311 g/mol. The van der Waals surface area contributed by atoms with Gasteiger partial charge in [0.2, 0.25) is 0 Å². The van der Waals surface area contributed by atoms with E-state index in [2.05, 4.69) is 4.72 Å². The molecule has 0 radical (unpaired) electrons. The SMILES string of the molecule is CCCNS(=O)(=O)Nc1ccc(CN)c(C(F)(F)F)c1. The summed E-state index contributed by atoms with van der Waals surface area (Å²) in [5, 5.41) is 0. The number of nitrogens with one attached hydrogen (secondary N) is 2. The van der Waals surface area contributed by atoms with Crippen LogP contribution in [0.15, 0.2) is 18.2 Å². The quantitative estimate of drug-likeness (QED) is 0.749. The Morgan fingerprint density at radius 1 is 1.30 bits per heavy atom. The molecule has 0 spiro atoms. The highest BCUT2D eigenvalue weighted by Gasteiger charge is 2.33. The number of alkyl halides is 3. The largest absolute Gasteiger partial charge is 0.416 e. The minimum absolute atomic E-state index is 0.0954. The molecule has 0 fully saturated rings. The second-order valence-corrected chi connectivity index (χ2v) is 5.57. The van der Waals surface area contributed by atoms with Gasteiger partial charge < -0.3 is 5.73 Å². The molecule has 0 atom stereocenters. The summed E-state index contributed by atoms with van der Waals surface area (Å²) in [5.41, 5.74) is 4.03. The molecule has 5 nitrogen and oxygen atoms in total. The van der Waals surface area contributed by atoms with Crippen molar-refractivity contribution in [2.75, 3.05) is 11.3 Å². The van der Waals surface area contributed by atoms with Gasteiger partial charge in [-0.2, -0.15) is 26.3 Å². The van der Waals surface area contributed by atoms with Crippen molar-refractivity contribution in [3.05, 3.63) is 29.3 Å². The number of halogens is 3. The smallest absolute Gasteiger partial charge is 0.326 e. The molecule has 0 aliphatic carbocycles. The molecule has 114 valence electrons. The highest BCUT2D eigenvalue weighted by atomic mass is 32.2. The van der Waals surface area contributed by atoms with E-state index in [4.69, 9.17) is 5.73 Å². The third-order valence-corrected chi connectivity index (χ3v) is 3.52. The Hall–Kier alpha value is -1.32. The molecule has 0 aliphatic heterocycles. The molecule has 1 aromatic carbocycles. The molecule has 9 heteroatoms. The zero-order chi connectivity index (χ0) is 15.4. The first-order valence-electron chi connectivity index (χ1n) is 5.87. The minimum Gasteiger partial charge on any atom is -0.326 e. The molecule has 4 N–H and O–H groups in total. The molecule has 0 saturated heterocycles. The third kappa shape index (κ3) is 4.66. The first-order valence-corrected chi connectivity index (χ1v) is 7.35. The van der Waals surface area contributed by atoms with E-state index in [1.165, 1.54) is 6.07 Å². The Morgan fingerprint density at radius 3 is 2.45 bits per heavy atom. The van der Waals surface area contributed by atoms with Crippen LogP contribution in [0.2, 0.25) is 0 Å². The van der Waals surface area contributed by atoms with Crippen LogP contribution in [-0.2, 0) is 22.9 Å². The molecule has 0 aliphatic rings. The van der Waals surface area contributed by atoms with Crippen LogP contribution in [0.1, 0.15) is 24.5 Å². The van der Waals surface area contributed by atoms with Crippen molar-refractivity contribution in [2.45, 2.75) is 26.1 Å². The van der Waals surface area contributed by atoms with Gasteiger partial charge in [0.25, 0.3) is 10.2 Å². The molecule has 0 bridgehead atoms. The van der Waals surface area contributed by atoms with Crippen molar-refractivity contribution in [1.29, 1.82) is 0 Å². The average Bonchev–Trinajstić information content (AvgIpc) is 2.35. The van der Waals surface area contributed by atoms with E-state index in [9.17, 15) is 21.6 Å². The predicted octanol–water partition coefficient (Wildman–Crippen LogP) is 1.82. The molecule has 0 aromatic heterocycles. The Kier molecular flexibility index (Phi) is 5.37. The summed E-state index contributed by atoms with van der Waals surface area (Å²) in [6.45, 7) is 1.68. The number of benzene rings is 1. The van der Waals surface area contributed by atoms with Gasteiger partial charge in [-0.05, 0) is 24.1 Å². The predicted molar refractivity (Wildman–Crippen MR) is 70.2 cm³/mol. The van der Waals surface area contributed by atoms with Crippen LogP contribution < -0.4 is 15.2 Å². The van der Waals surface area contributed by atoms with Gasteiger partial charge in [0, 0.05) is 13.1 Å². The van der Waals surface area contributed by atoms with Crippen LogP contribution in [0, 0.1) is 0 Å². The molecule has 1 rings (SSSR count). The minimum atomic E-state index is -4.59. The van der Waals surface area contributed by atoms with Gasteiger partial charge in [0.15, 0.2) is 0 Å². The van der Waals surface area contributed by atoms with E-state index in [1.54, 1.807) is 6.92 Å². The molecule has 0 amide bonds. The average molecular weight is 311 g/mol. The lowest BCUT2D eigenvalue weighted by molar-refractivity contribution is -0.138. The summed E-state index contributed by atoms with van der Waals surface area (Å²) in [7, 11) is -3.88. The van der Waals surface area contributed by atoms with Gasteiger partial charge in [-0.3, -0.25) is 4.72 Å². The summed E-state index contributed by atoms with van der Waals surface area (Å²) in [6.07, 6.45) is -4.02. The van der Waals surface area contributed by atoms with E-state index >= 15 is 0 Å². The topological polar surface area (TPSA) is 84.2 Å². The Labute approximate surface area is 115 Å². The van der Waals surface area contributed by atoms with E-state index in [0.29, 0.717) is 6.42 Å². The molecule has 0 heterocycles. The highest BCUT2D eigenvalue weighted by Crippen LogP contribution is 2.33. The van der Waals surface area contributed by atoms with Gasteiger partial charge in [0.05, 0.1) is 11.3 Å². The highest BCUT2D eigenvalue weighted by molar-refractivity contribution is 7.90. The van der Waals surface area contributed by atoms with E-state index in [0.717, 1.165) is 12.1 Å². The summed E-state index contributed by atoms with van der Waals surface area (Å²) in [6, 6.07) is 3.12. The fourth-order valence-corrected chi connectivity index (χ4v) is 2.49. The lowest BCUT2D eigenvalue weighted by Crippen LogP contribution is -2.30. The van der Waals surface area contributed by atoms with Crippen LogP contribution in [-0.4, -0.2) is 15.0 Å². The van der Waals surface area contributed by atoms with Crippen molar-refractivity contribution < 1.29 is 21.6 Å². The van der Waals surface area contributed by atoms with Crippen LogP contribution >= 0.6 is 0 Å². The van der Waals surface area contributed by atoms with E-state index in [1.807, 2.05) is 4.72 Å². The van der Waals surface area contributed by atoms with Crippen LogP contribution in [0.3, 0.4) is 0 Å². The zero-order valence-electron chi connectivity index (χ0n) is 10.8. The lowest BCUT2D eigenvalue weighted by atomic mass is 10.1. The summed E-state index contributed by atoms with van der Waals surface area (Å²) >= 11 is 0. The first-order chi connectivity index (χ1) is 9.19. The van der Waals surface area contributed by atoms with Crippen molar-refractivity contribution in [2.24, 2.45) is 5.73 Å². The van der Waals surface area contributed by atoms with Gasteiger partial charge in [-0.1, -0.05) is 13.0 Å². The van der Waals surface area contributed by atoms with Crippen LogP contribution in [0.4, 0.5) is 18.9 Å². The normalized spacial score (nSPS) is 12.4. The van der Waals surface area contributed by atoms with Gasteiger partial charge in [-0.15, -0.1) is 0 Å². The molecule has 1 aromatic rings. The Balaban J connectivity index is 3.04. The zero-order valence-corrected chi connectivity index (χ0v) is 11.6. The summed E-state index contributed by atoms with van der Waals surface area (Å²) < 4.78 is 65.7. The maximum atomic E-state index is 12.8. The van der Waals surface area contributed by atoms with E-state index < -0.39 is 21.9 Å². The second-order valence-electron chi connectivity index (χ2n) is 4.07. The maximum absolute atomic E-state index is 12.8. The fourth-order valence-electron chi connectivity index (χ4n) is 1.51. The van der Waals surface area contributed by atoms with Gasteiger partial charge in [-0.25, -0.2) is 0 Å². The van der Waals surface area contributed by atoms with Crippen molar-refractivity contribution in [1.82, 2.24) is 4.72 Å².